The van der Waals surface area contributed by atoms with Gasteiger partial charge in [-0.3, -0.25) is 38.0 Å². The first-order valence-corrected chi connectivity index (χ1v) is 15.8. The number of aromatic nitrogens is 2. The van der Waals surface area contributed by atoms with Crippen LogP contribution in [0.3, 0.4) is 0 Å². The Morgan fingerprint density at radius 1 is 1.25 bits per heavy atom. The number of terminal acetylenes is 1. The molecule has 1 N–H and O–H groups in total. The molecular formula is C29H40N3O11P. The van der Waals surface area contributed by atoms with Gasteiger partial charge in [0.25, 0.3) is 11.2 Å². The van der Waals surface area contributed by atoms with Crippen LogP contribution in [0.15, 0.2) is 34.0 Å². The van der Waals surface area contributed by atoms with Crippen LogP contribution in [0.4, 0.5) is 5.69 Å². The minimum absolute atomic E-state index is 0.000678. The Kier molecular flexibility index (Phi) is 12.9. The lowest BCUT2D eigenvalue weighted by Crippen LogP contribution is -2.33. The van der Waals surface area contributed by atoms with E-state index in [4.69, 9.17) is 34.2 Å². The number of ether oxygens (including phenoxy) is 3. The maximum absolute atomic E-state index is 13.9. The number of aryl methyl sites for hydroxylation is 2. The quantitative estimate of drug-likeness (QED) is 0.0863. The number of nitrogens with one attached hydrogen (secondary N) is 1. The van der Waals surface area contributed by atoms with E-state index in [0.29, 0.717) is 16.9 Å². The molecule has 1 fully saturated rings. The van der Waals surface area contributed by atoms with E-state index in [1.807, 2.05) is 27.7 Å². The third kappa shape index (κ3) is 10.1. The molecule has 44 heavy (non-hydrogen) atoms. The summed E-state index contributed by atoms with van der Waals surface area (Å²) < 4.78 is 49.7. The highest BCUT2D eigenvalue weighted by atomic mass is 31.2. The van der Waals surface area contributed by atoms with Crippen molar-refractivity contribution in [1.29, 1.82) is 0 Å². The highest BCUT2D eigenvalue weighted by molar-refractivity contribution is 7.48. The van der Waals surface area contributed by atoms with Crippen LogP contribution >= 0.6 is 7.82 Å². The molecule has 3 rings (SSSR count). The summed E-state index contributed by atoms with van der Waals surface area (Å²) in [6, 6.07) is 4.35. The summed E-state index contributed by atoms with van der Waals surface area (Å²) in [5.74, 6) is 2.73. The lowest BCUT2D eigenvalue weighted by atomic mass is 10.1. The Bertz CT molecular complexity index is 1480. The predicted molar refractivity (Wildman–Crippen MR) is 161 cm³/mol. The Morgan fingerprint density at radius 3 is 2.66 bits per heavy atom. The van der Waals surface area contributed by atoms with Crippen LogP contribution in [0.25, 0.3) is 0 Å². The van der Waals surface area contributed by atoms with Crippen molar-refractivity contribution >= 4 is 13.5 Å². The van der Waals surface area contributed by atoms with Crippen molar-refractivity contribution in [3.05, 3.63) is 66.5 Å². The molecule has 242 valence electrons. The number of nitrogens with zero attached hydrogens (tertiary/aromatic N) is 2. The molecule has 1 unspecified atom stereocenters. The minimum Gasteiger partial charge on any atom is -0.481 e. The van der Waals surface area contributed by atoms with Crippen LogP contribution in [-0.4, -0.2) is 59.2 Å². The zero-order valence-electron chi connectivity index (χ0n) is 25.6. The first kappa shape index (κ1) is 35.2. The van der Waals surface area contributed by atoms with Gasteiger partial charge in [0.15, 0.2) is 0 Å². The van der Waals surface area contributed by atoms with Gasteiger partial charge >= 0.3 is 13.5 Å². The molecular weight excluding hydrogens is 597 g/mol. The number of benzene rings is 1. The van der Waals surface area contributed by atoms with E-state index in [9.17, 15) is 24.3 Å². The lowest BCUT2D eigenvalue weighted by Gasteiger charge is -2.25. The summed E-state index contributed by atoms with van der Waals surface area (Å²) in [5, 5.41) is 11.5. The van der Waals surface area contributed by atoms with Crippen molar-refractivity contribution in [2.24, 2.45) is 5.92 Å². The van der Waals surface area contributed by atoms with E-state index >= 15 is 0 Å². The van der Waals surface area contributed by atoms with Crippen LogP contribution in [0.1, 0.15) is 57.9 Å². The van der Waals surface area contributed by atoms with Gasteiger partial charge in [-0.15, -0.1) is 6.42 Å². The first-order chi connectivity index (χ1) is 20.8. The highest BCUT2D eigenvalue weighted by Gasteiger charge is 2.43. The second-order valence-corrected chi connectivity index (χ2v) is 12.6. The lowest BCUT2D eigenvalue weighted by molar-refractivity contribution is -0.385. The summed E-state index contributed by atoms with van der Waals surface area (Å²) in [6.07, 6.45) is 4.59. The van der Waals surface area contributed by atoms with E-state index < -0.39 is 42.4 Å². The molecule has 1 aliphatic rings. The number of nitro groups is 1. The maximum atomic E-state index is 13.9. The van der Waals surface area contributed by atoms with Crippen molar-refractivity contribution < 1.29 is 37.3 Å². The number of nitro benzene ring substituents is 1. The third-order valence-corrected chi connectivity index (χ3v) is 7.96. The number of phosphoric ester groups is 1. The van der Waals surface area contributed by atoms with Gasteiger partial charge in [-0.05, 0) is 51.7 Å². The topological polar surface area (TPSA) is 170 Å². The van der Waals surface area contributed by atoms with E-state index in [1.54, 1.807) is 6.92 Å². The second kappa shape index (κ2) is 16.1. The van der Waals surface area contributed by atoms with Crippen molar-refractivity contribution in [1.82, 2.24) is 9.55 Å². The predicted octanol–water partition coefficient (Wildman–Crippen LogP) is 4.29. The van der Waals surface area contributed by atoms with E-state index in [-0.39, 0.29) is 63.4 Å². The van der Waals surface area contributed by atoms with Crippen LogP contribution in [0.5, 0.6) is 5.75 Å². The normalized spacial score (nSPS) is 19.6. The van der Waals surface area contributed by atoms with E-state index in [0.717, 1.165) is 0 Å². The number of phosphoric acid groups is 1. The van der Waals surface area contributed by atoms with E-state index in [1.165, 1.54) is 29.0 Å². The summed E-state index contributed by atoms with van der Waals surface area (Å²) in [4.78, 5) is 37.7. The van der Waals surface area contributed by atoms with Gasteiger partial charge in [-0.25, -0.2) is 9.36 Å². The number of hydrogen-bond donors (Lipinski definition) is 1. The fourth-order valence-corrected chi connectivity index (χ4v) is 5.90. The van der Waals surface area contributed by atoms with Gasteiger partial charge in [-0.1, -0.05) is 19.8 Å². The Balaban J connectivity index is 1.76. The molecule has 0 bridgehead atoms. The molecule has 2 heterocycles. The van der Waals surface area contributed by atoms with Crippen LogP contribution < -0.4 is 16.0 Å². The average Bonchev–Trinajstić information content (AvgIpc) is 3.35. The largest absolute Gasteiger partial charge is 0.481 e. The monoisotopic (exact) mass is 637 g/mol. The molecule has 4 atom stereocenters. The minimum atomic E-state index is -4.19. The van der Waals surface area contributed by atoms with Gasteiger partial charge < -0.3 is 14.2 Å². The molecule has 0 spiro atoms. The van der Waals surface area contributed by atoms with Gasteiger partial charge in [-0.2, -0.15) is 0 Å². The van der Waals surface area contributed by atoms with Crippen molar-refractivity contribution in [3.63, 3.8) is 0 Å². The first-order valence-electron chi connectivity index (χ1n) is 14.3. The molecule has 1 aliphatic heterocycles. The van der Waals surface area contributed by atoms with E-state index in [2.05, 4.69) is 10.9 Å². The Hall–Kier alpha value is -3.31. The highest BCUT2D eigenvalue weighted by Crippen LogP contribution is 2.53. The summed E-state index contributed by atoms with van der Waals surface area (Å²) in [7, 11) is -4.19. The molecule has 0 radical (unpaired) electrons. The summed E-state index contributed by atoms with van der Waals surface area (Å²) in [6.45, 7) is 9.05. The molecule has 1 aromatic carbocycles. The molecule has 15 heteroatoms. The molecule has 14 nitrogen and oxygen atoms in total. The van der Waals surface area contributed by atoms with Crippen LogP contribution in [0.2, 0.25) is 0 Å². The Labute approximate surface area is 255 Å². The van der Waals surface area contributed by atoms with Crippen molar-refractivity contribution in [2.75, 3.05) is 26.4 Å². The zero-order valence-corrected chi connectivity index (χ0v) is 26.5. The zero-order chi connectivity index (χ0) is 32.4. The molecule has 0 amide bonds. The van der Waals surface area contributed by atoms with Crippen molar-refractivity contribution in [3.8, 4) is 18.1 Å². The Morgan fingerprint density at radius 2 is 2.00 bits per heavy atom. The molecule has 0 saturated carbocycles. The fraction of sp³-hybridized carbons (Fsp3) is 0.586. The fourth-order valence-electron chi connectivity index (χ4n) is 4.32. The van der Waals surface area contributed by atoms with Gasteiger partial charge in [0.1, 0.15) is 30.8 Å². The molecule has 2 aromatic rings. The van der Waals surface area contributed by atoms with Gasteiger partial charge in [0, 0.05) is 29.8 Å². The molecule has 0 aliphatic carbocycles. The number of hydrogen-bond acceptors (Lipinski definition) is 11. The van der Waals surface area contributed by atoms with Crippen molar-refractivity contribution in [2.45, 2.75) is 78.4 Å². The standard InChI is InChI=1S/C29H40N3O11P/c1-7-12-38-23-10-11-24(32(35)36)22(14-23)9-8-13-40-44(37,41-17-19(2)3)43-25-15-27(42-26(25)18-39-20(4)5)31-16-21(6)28(33)30-29(31)34/h1,10-11,14,16,19-20,25-27H,8-9,12-13,15,17-18H2,2-6H3,(H,30,33,34)/t25-,26-,27-,44?/m1/s1. The number of aromatic amines is 1. The van der Waals surface area contributed by atoms with Crippen LogP contribution in [-0.2, 0) is 34.0 Å². The SMILES string of the molecule is C#CCOc1ccc([N+](=O)[O-])c(CCCOP(=O)(OCC(C)C)O[C@@H]2C[C@H](n3cc(C)c(=O)[nH]c3=O)O[C@@H]2COC(C)C)c1. The van der Waals surface area contributed by atoms with Crippen LogP contribution in [0, 0.1) is 35.3 Å². The number of H-pyrrole nitrogens is 1. The molecule has 1 aromatic heterocycles. The van der Waals surface area contributed by atoms with Gasteiger partial charge in [0.2, 0.25) is 0 Å². The molecule has 1 saturated heterocycles. The second-order valence-electron chi connectivity index (χ2n) is 11.0. The average molecular weight is 638 g/mol. The summed E-state index contributed by atoms with van der Waals surface area (Å²) in [5.41, 5.74) is -0.549. The summed E-state index contributed by atoms with van der Waals surface area (Å²) >= 11 is 0. The van der Waals surface area contributed by atoms with Gasteiger partial charge in [0.05, 0.1) is 30.8 Å². The smallest absolute Gasteiger partial charge is 0.475 e. The third-order valence-electron chi connectivity index (χ3n) is 6.47. The number of rotatable bonds is 17. The maximum Gasteiger partial charge on any atom is 0.475 e.